The van der Waals surface area contributed by atoms with E-state index in [0.29, 0.717) is 6.04 Å². The molecule has 6 heteroatoms. The summed E-state index contributed by atoms with van der Waals surface area (Å²) in [6.45, 7) is 0.852. The van der Waals surface area contributed by atoms with E-state index in [1.807, 2.05) is 43.2 Å². The molecule has 0 radical (unpaired) electrons. The molecule has 1 aliphatic heterocycles. The van der Waals surface area contributed by atoms with Crippen LogP contribution in [0.3, 0.4) is 0 Å². The first-order chi connectivity index (χ1) is 12.2. The Bertz CT molecular complexity index is 884. The van der Waals surface area contributed by atoms with Gasteiger partial charge in [0.05, 0.1) is 15.7 Å². The maximum atomic E-state index is 13.1. The summed E-state index contributed by atoms with van der Waals surface area (Å²) in [4.78, 5) is 23.9. The molecule has 1 fully saturated rings. The van der Waals surface area contributed by atoms with Crippen LogP contribution in [0.1, 0.15) is 41.9 Å². The molecule has 0 bridgehead atoms. The Labute approximate surface area is 151 Å². The third-order valence-corrected chi connectivity index (χ3v) is 5.88. The highest BCUT2D eigenvalue weighted by Crippen LogP contribution is 2.25. The van der Waals surface area contributed by atoms with Gasteiger partial charge >= 0.3 is 0 Å². The summed E-state index contributed by atoms with van der Waals surface area (Å²) < 4.78 is 3.14. The summed E-state index contributed by atoms with van der Waals surface area (Å²) in [5, 5.41) is 0. The third-order valence-electron chi connectivity index (χ3n) is 5.09. The van der Waals surface area contributed by atoms with Crippen LogP contribution in [0.15, 0.2) is 36.1 Å². The summed E-state index contributed by atoms with van der Waals surface area (Å²) in [5.41, 5.74) is 3.57. The monoisotopic (exact) mass is 354 g/mol. The molecule has 3 aromatic rings. The number of fused-ring (bicyclic) bond motifs is 1. The number of amides is 1. The van der Waals surface area contributed by atoms with Crippen molar-refractivity contribution < 1.29 is 4.79 Å². The van der Waals surface area contributed by atoms with E-state index < -0.39 is 0 Å². The van der Waals surface area contributed by atoms with Crippen molar-refractivity contribution >= 4 is 27.5 Å². The highest BCUT2D eigenvalue weighted by Gasteiger charge is 2.27. The number of rotatable bonds is 4. The van der Waals surface area contributed by atoms with Crippen LogP contribution in [-0.2, 0) is 13.5 Å². The molecule has 3 heterocycles. The van der Waals surface area contributed by atoms with Gasteiger partial charge in [-0.05, 0) is 43.9 Å². The Morgan fingerprint density at radius 1 is 1.32 bits per heavy atom. The second-order valence-electron chi connectivity index (χ2n) is 6.68. The zero-order valence-corrected chi connectivity index (χ0v) is 15.2. The fourth-order valence-electron chi connectivity index (χ4n) is 3.66. The summed E-state index contributed by atoms with van der Waals surface area (Å²) in [5.74, 6) is 1.24. The van der Waals surface area contributed by atoms with Crippen LogP contribution in [0.25, 0.3) is 10.2 Å². The molecule has 0 spiro atoms. The van der Waals surface area contributed by atoms with E-state index in [9.17, 15) is 4.79 Å². The molecule has 1 amide bonds. The summed E-state index contributed by atoms with van der Waals surface area (Å²) in [6.07, 6.45) is 9.06. The average molecular weight is 354 g/mol. The van der Waals surface area contributed by atoms with Crippen LogP contribution in [0.5, 0.6) is 0 Å². The van der Waals surface area contributed by atoms with Crippen molar-refractivity contribution in [3.05, 3.63) is 47.5 Å². The van der Waals surface area contributed by atoms with E-state index in [1.165, 1.54) is 6.42 Å². The summed E-state index contributed by atoms with van der Waals surface area (Å²) in [6, 6.07) is 6.15. The fraction of sp³-hybridized carbons (Fsp3) is 0.421. The highest BCUT2D eigenvalue weighted by atomic mass is 32.1. The van der Waals surface area contributed by atoms with Crippen molar-refractivity contribution in [1.82, 2.24) is 19.4 Å². The lowest BCUT2D eigenvalue weighted by molar-refractivity contribution is 0.0601. The Morgan fingerprint density at radius 2 is 2.24 bits per heavy atom. The van der Waals surface area contributed by atoms with Crippen molar-refractivity contribution in [1.29, 1.82) is 0 Å². The number of hydrogen-bond acceptors (Lipinski definition) is 4. The molecule has 4 rings (SSSR count). The van der Waals surface area contributed by atoms with Crippen LogP contribution < -0.4 is 0 Å². The van der Waals surface area contributed by atoms with Gasteiger partial charge in [0.2, 0.25) is 0 Å². The number of hydrogen-bond donors (Lipinski definition) is 0. The van der Waals surface area contributed by atoms with E-state index in [0.717, 1.165) is 53.8 Å². The lowest BCUT2D eigenvalue weighted by atomic mass is 9.96. The molecule has 1 atom stereocenters. The number of aryl methyl sites for hydroxylation is 2. The zero-order chi connectivity index (χ0) is 17.2. The summed E-state index contributed by atoms with van der Waals surface area (Å²) in [7, 11) is 2.02. The number of carbonyl (C=O) groups excluding carboxylic acids is 1. The number of piperidine rings is 1. The molecule has 25 heavy (non-hydrogen) atoms. The molecule has 2 aromatic heterocycles. The van der Waals surface area contributed by atoms with Crippen LogP contribution in [0.2, 0.25) is 0 Å². The minimum Gasteiger partial charge on any atom is -0.338 e. The first-order valence-corrected chi connectivity index (χ1v) is 9.71. The molecule has 0 unspecified atom stereocenters. The van der Waals surface area contributed by atoms with Crippen molar-refractivity contribution in [2.24, 2.45) is 7.05 Å². The molecule has 130 valence electrons. The minimum absolute atomic E-state index is 0.153. The van der Waals surface area contributed by atoms with Crippen molar-refractivity contribution in [3.63, 3.8) is 0 Å². The van der Waals surface area contributed by atoms with Gasteiger partial charge in [-0.1, -0.05) is 0 Å². The number of nitrogens with zero attached hydrogens (tertiary/aromatic N) is 4. The second kappa shape index (κ2) is 6.96. The first kappa shape index (κ1) is 16.3. The molecule has 0 N–H and O–H groups in total. The van der Waals surface area contributed by atoms with Crippen molar-refractivity contribution in [2.45, 2.75) is 38.1 Å². The largest absolute Gasteiger partial charge is 0.338 e. The normalized spacial score (nSPS) is 18.0. The van der Waals surface area contributed by atoms with E-state index in [1.54, 1.807) is 11.3 Å². The van der Waals surface area contributed by atoms with Gasteiger partial charge in [-0.25, -0.2) is 9.97 Å². The van der Waals surface area contributed by atoms with Gasteiger partial charge < -0.3 is 9.47 Å². The molecule has 5 nitrogen and oxygen atoms in total. The lowest BCUT2D eigenvalue weighted by Gasteiger charge is -2.36. The Hall–Kier alpha value is -2.21. The molecule has 0 aliphatic carbocycles. The first-order valence-electron chi connectivity index (χ1n) is 8.83. The standard InChI is InChI=1S/C19H22N4OS/c1-22-11-9-20-18(22)8-6-15-4-2-3-10-23(15)19(24)14-5-7-16-17(12-14)25-13-21-16/h5,7,9,11-13,15H,2-4,6,8,10H2,1H3/t15-/m0/s1. The average Bonchev–Trinajstić information content (AvgIpc) is 3.27. The topological polar surface area (TPSA) is 51.0 Å². The lowest BCUT2D eigenvalue weighted by Crippen LogP contribution is -2.44. The predicted molar refractivity (Wildman–Crippen MR) is 99.8 cm³/mol. The van der Waals surface area contributed by atoms with E-state index in [-0.39, 0.29) is 5.91 Å². The number of imidazole rings is 1. The molecular formula is C19H22N4OS. The quantitative estimate of drug-likeness (QED) is 0.718. The van der Waals surface area contributed by atoms with Gasteiger partial charge in [-0.15, -0.1) is 11.3 Å². The predicted octanol–water partition coefficient (Wildman–Crippen LogP) is 3.66. The van der Waals surface area contributed by atoms with Crippen LogP contribution >= 0.6 is 11.3 Å². The van der Waals surface area contributed by atoms with Gasteiger partial charge in [0.15, 0.2) is 0 Å². The molecule has 1 aromatic carbocycles. The SMILES string of the molecule is Cn1ccnc1CC[C@@H]1CCCCN1C(=O)c1ccc2ncsc2c1. The van der Waals surface area contributed by atoms with E-state index >= 15 is 0 Å². The van der Waals surface area contributed by atoms with Gasteiger partial charge in [-0.2, -0.15) is 0 Å². The minimum atomic E-state index is 0.153. The number of benzene rings is 1. The number of thiazole rings is 1. The molecule has 1 aliphatic rings. The zero-order valence-electron chi connectivity index (χ0n) is 14.4. The number of carbonyl (C=O) groups is 1. The Morgan fingerprint density at radius 3 is 3.08 bits per heavy atom. The molecule has 0 saturated carbocycles. The van der Waals surface area contributed by atoms with Crippen molar-refractivity contribution in [3.8, 4) is 0 Å². The second-order valence-corrected chi connectivity index (χ2v) is 7.56. The van der Waals surface area contributed by atoms with Gasteiger partial charge in [0.1, 0.15) is 5.82 Å². The fourth-order valence-corrected chi connectivity index (χ4v) is 4.37. The molecular weight excluding hydrogens is 332 g/mol. The molecule has 1 saturated heterocycles. The Kier molecular flexibility index (Phi) is 4.53. The van der Waals surface area contributed by atoms with Crippen LogP contribution in [0.4, 0.5) is 0 Å². The van der Waals surface area contributed by atoms with Crippen LogP contribution in [-0.4, -0.2) is 37.9 Å². The third kappa shape index (κ3) is 3.31. The maximum absolute atomic E-state index is 13.1. The highest BCUT2D eigenvalue weighted by molar-refractivity contribution is 7.16. The van der Waals surface area contributed by atoms with Crippen LogP contribution in [0, 0.1) is 0 Å². The van der Waals surface area contributed by atoms with Crippen molar-refractivity contribution in [2.75, 3.05) is 6.54 Å². The van der Waals surface area contributed by atoms with Gasteiger partial charge in [0, 0.05) is 44.0 Å². The van der Waals surface area contributed by atoms with E-state index in [2.05, 4.69) is 19.4 Å². The van der Waals surface area contributed by atoms with Gasteiger partial charge in [0.25, 0.3) is 5.91 Å². The number of likely N-dealkylation sites (tertiary alicyclic amines) is 1. The van der Waals surface area contributed by atoms with Gasteiger partial charge in [-0.3, -0.25) is 4.79 Å². The Balaban J connectivity index is 1.51. The van der Waals surface area contributed by atoms with E-state index in [4.69, 9.17) is 0 Å². The number of aromatic nitrogens is 3. The smallest absolute Gasteiger partial charge is 0.254 e. The maximum Gasteiger partial charge on any atom is 0.254 e. The summed E-state index contributed by atoms with van der Waals surface area (Å²) >= 11 is 1.58.